The van der Waals surface area contributed by atoms with Gasteiger partial charge in [0.15, 0.2) is 0 Å². The zero-order chi connectivity index (χ0) is 13.1. The van der Waals surface area contributed by atoms with E-state index >= 15 is 0 Å². The van der Waals surface area contributed by atoms with Gasteiger partial charge in [0.25, 0.3) is 0 Å². The molecule has 0 aliphatic heterocycles. The topological polar surface area (TPSA) is 37.8 Å². The molecule has 1 atom stereocenters. The Morgan fingerprint density at radius 3 is 2.72 bits per heavy atom. The van der Waals surface area contributed by atoms with Gasteiger partial charge in [0.05, 0.1) is 15.7 Å². The zero-order valence-corrected chi connectivity index (χ0v) is 12.3. The molecule has 18 heavy (non-hydrogen) atoms. The van der Waals surface area contributed by atoms with Crippen molar-refractivity contribution in [2.75, 3.05) is 7.05 Å². The Morgan fingerprint density at radius 2 is 2.11 bits per heavy atom. The summed E-state index contributed by atoms with van der Waals surface area (Å²) in [6.07, 6.45) is 0.917. The van der Waals surface area contributed by atoms with E-state index in [1.807, 2.05) is 27.0 Å². The maximum atomic E-state index is 5.97. The van der Waals surface area contributed by atoms with Crippen molar-refractivity contribution >= 4 is 22.9 Å². The molecule has 0 radical (unpaired) electrons. The van der Waals surface area contributed by atoms with Crippen LogP contribution in [0.1, 0.15) is 27.9 Å². The first-order chi connectivity index (χ1) is 8.60. The monoisotopic (exact) mass is 281 g/mol. The molecule has 5 heteroatoms. The summed E-state index contributed by atoms with van der Waals surface area (Å²) in [4.78, 5) is 1.27. The number of rotatable bonds is 4. The lowest BCUT2D eigenvalue weighted by atomic mass is 10.0. The van der Waals surface area contributed by atoms with Crippen molar-refractivity contribution < 1.29 is 0 Å². The Labute approximate surface area is 116 Å². The van der Waals surface area contributed by atoms with E-state index < -0.39 is 0 Å². The predicted molar refractivity (Wildman–Crippen MR) is 76.3 cm³/mol. The van der Waals surface area contributed by atoms with Crippen molar-refractivity contribution in [3.63, 3.8) is 0 Å². The summed E-state index contributed by atoms with van der Waals surface area (Å²) in [7, 11) is 1.97. The van der Waals surface area contributed by atoms with Gasteiger partial charge in [-0.25, -0.2) is 0 Å². The van der Waals surface area contributed by atoms with Gasteiger partial charge in [-0.3, -0.25) is 0 Å². The van der Waals surface area contributed by atoms with Crippen LogP contribution in [0.3, 0.4) is 0 Å². The third kappa shape index (κ3) is 3.07. The van der Waals surface area contributed by atoms with Gasteiger partial charge in [-0.1, -0.05) is 11.6 Å². The van der Waals surface area contributed by atoms with Gasteiger partial charge in [0, 0.05) is 17.3 Å². The van der Waals surface area contributed by atoms with Crippen LogP contribution in [0, 0.1) is 13.8 Å². The highest BCUT2D eigenvalue weighted by atomic mass is 35.5. The van der Waals surface area contributed by atoms with E-state index in [-0.39, 0.29) is 6.04 Å². The average molecular weight is 282 g/mol. The Hall–Kier alpha value is -0.970. The fourth-order valence-electron chi connectivity index (χ4n) is 1.95. The van der Waals surface area contributed by atoms with Crippen molar-refractivity contribution in [1.82, 2.24) is 15.5 Å². The first-order valence-electron chi connectivity index (χ1n) is 5.82. The Bertz CT molecular complexity index is 539. The minimum Gasteiger partial charge on any atom is -0.313 e. The Kier molecular flexibility index (Phi) is 4.32. The summed E-state index contributed by atoms with van der Waals surface area (Å²) in [5, 5.41) is 11.6. The number of aryl methyl sites for hydroxylation is 2. The van der Waals surface area contributed by atoms with Crippen LogP contribution in [-0.4, -0.2) is 17.2 Å². The molecule has 3 nitrogen and oxygen atoms in total. The minimum atomic E-state index is 0.244. The molecule has 1 unspecified atom stereocenters. The Morgan fingerprint density at radius 1 is 1.33 bits per heavy atom. The molecule has 0 aliphatic carbocycles. The van der Waals surface area contributed by atoms with Gasteiger partial charge in [-0.15, -0.1) is 11.3 Å². The molecular formula is C13H16ClN3S. The van der Waals surface area contributed by atoms with Crippen LogP contribution in [0.2, 0.25) is 4.34 Å². The SMILES string of the molecule is CNC(Cc1ccc(Cl)s1)c1cc(C)nnc1C. The molecule has 96 valence electrons. The van der Waals surface area contributed by atoms with Gasteiger partial charge >= 0.3 is 0 Å². The number of likely N-dealkylation sites (N-methyl/N-ethyl adjacent to an activating group) is 1. The largest absolute Gasteiger partial charge is 0.313 e. The van der Waals surface area contributed by atoms with E-state index in [0.29, 0.717) is 0 Å². The highest BCUT2D eigenvalue weighted by Gasteiger charge is 2.15. The molecular weight excluding hydrogens is 266 g/mol. The number of nitrogens with one attached hydrogen (secondary N) is 1. The fraction of sp³-hybridized carbons (Fsp3) is 0.385. The highest BCUT2D eigenvalue weighted by Crippen LogP contribution is 2.27. The highest BCUT2D eigenvalue weighted by molar-refractivity contribution is 7.16. The third-order valence-electron chi connectivity index (χ3n) is 2.90. The van der Waals surface area contributed by atoms with Crippen LogP contribution in [0.5, 0.6) is 0 Å². The first kappa shape index (κ1) is 13.5. The molecule has 2 aromatic rings. The quantitative estimate of drug-likeness (QED) is 0.934. The van der Waals surface area contributed by atoms with Crippen LogP contribution in [0.25, 0.3) is 0 Å². The second-order valence-electron chi connectivity index (χ2n) is 4.28. The normalized spacial score (nSPS) is 12.7. The molecule has 0 saturated carbocycles. The van der Waals surface area contributed by atoms with E-state index in [4.69, 9.17) is 11.6 Å². The predicted octanol–water partition coefficient (Wildman–Crippen LogP) is 3.31. The third-order valence-corrected chi connectivity index (χ3v) is 4.15. The van der Waals surface area contributed by atoms with Crippen molar-refractivity contribution in [3.8, 4) is 0 Å². The van der Waals surface area contributed by atoms with Crippen molar-refractivity contribution in [2.45, 2.75) is 26.3 Å². The fourth-order valence-corrected chi connectivity index (χ4v) is 3.09. The molecule has 2 heterocycles. The van der Waals surface area contributed by atoms with Crippen LogP contribution < -0.4 is 5.32 Å². The summed E-state index contributed by atoms with van der Waals surface area (Å²) in [5.41, 5.74) is 3.12. The lowest BCUT2D eigenvalue weighted by molar-refractivity contribution is 0.586. The standard InChI is InChI=1S/C13H16ClN3S/c1-8-6-11(9(2)17-16-8)12(15-3)7-10-4-5-13(14)18-10/h4-6,12,15H,7H2,1-3H3. The number of aromatic nitrogens is 2. The second-order valence-corrected chi connectivity index (χ2v) is 6.08. The zero-order valence-electron chi connectivity index (χ0n) is 10.7. The Balaban J connectivity index is 2.25. The van der Waals surface area contributed by atoms with Gasteiger partial charge in [-0.2, -0.15) is 10.2 Å². The van der Waals surface area contributed by atoms with Crippen LogP contribution in [0.4, 0.5) is 0 Å². The molecule has 2 rings (SSSR count). The van der Waals surface area contributed by atoms with Crippen molar-refractivity contribution in [1.29, 1.82) is 0 Å². The van der Waals surface area contributed by atoms with Gasteiger partial charge in [0.2, 0.25) is 0 Å². The number of halogens is 1. The molecule has 0 amide bonds. The molecule has 0 spiro atoms. The number of hydrogen-bond donors (Lipinski definition) is 1. The molecule has 2 aromatic heterocycles. The summed E-state index contributed by atoms with van der Waals surface area (Å²) in [6, 6.07) is 6.36. The number of nitrogens with zero attached hydrogens (tertiary/aromatic N) is 2. The first-order valence-corrected chi connectivity index (χ1v) is 7.02. The molecule has 0 fully saturated rings. The maximum Gasteiger partial charge on any atom is 0.0931 e. The van der Waals surface area contributed by atoms with Crippen LogP contribution >= 0.6 is 22.9 Å². The van der Waals surface area contributed by atoms with E-state index in [2.05, 4.69) is 27.6 Å². The summed E-state index contributed by atoms with van der Waals surface area (Å²) in [6.45, 7) is 3.96. The maximum absolute atomic E-state index is 5.97. The lowest BCUT2D eigenvalue weighted by Gasteiger charge is -2.17. The minimum absolute atomic E-state index is 0.244. The van der Waals surface area contributed by atoms with E-state index in [9.17, 15) is 0 Å². The van der Waals surface area contributed by atoms with E-state index in [0.717, 1.165) is 22.1 Å². The number of thiophene rings is 1. The van der Waals surface area contributed by atoms with E-state index in [1.54, 1.807) is 11.3 Å². The van der Waals surface area contributed by atoms with Crippen molar-refractivity contribution in [2.24, 2.45) is 0 Å². The van der Waals surface area contributed by atoms with Gasteiger partial charge < -0.3 is 5.32 Å². The molecule has 0 bridgehead atoms. The van der Waals surface area contributed by atoms with Gasteiger partial charge in [-0.05, 0) is 44.7 Å². The summed E-state index contributed by atoms with van der Waals surface area (Å²) in [5.74, 6) is 0. The molecule has 0 aliphatic rings. The number of hydrogen-bond acceptors (Lipinski definition) is 4. The van der Waals surface area contributed by atoms with Gasteiger partial charge in [0.1, 0.15) is 0 Å². The molecule has 0 aromatic carbocycles. The lowest BCUT2D eigenvalue weighted by Crippen LogP contribution is -2.20. The molecule has 1 N–H and O–H groups in total. The second kappa shape index (κ2) is 5.78. The summed E-state index contributed by atoms with van der Waals surface area (Å²) >= 11 is 7.59. The van der Waals surface area contributed by atoms with Crippen LogP contribution in [0.15, 0.2) is 18.2 Å². The summed E-state index contributed by atoms with van der Waals surface area (Å²) < 4.78 is 0.834. The smallest absolute Gasteiger partial charge is 0.0931 e. The van der Waals surface area contributed by atoms with Crippen LogP contribution in [-0.2, 0) is 6.42 Å². The van der Waals surface area contributed by atoms with Crippen molar-refractivity contribution in [3.05, 3.63) is 44.4 Å². The molecule has 0 saturated heterocycles. The van der Waals surface area contributed by atoms with E-state index in [1.165, 1.54) is 10.4 Å². The average Bonchev–Trinajstić information content (AvgIpc) is 2.75.